The maximum atomic E-state index is 9.28. The summed E-state index contributed by atoms with van der Waals surface area (Å²) in [5.41, 5.74) is 0. The SMILES string of the molecule is C[C@@H]1O[C@H]([C@@H](O)CO)[C@@H](O)C1O. The highest BCUT2D eigenvalue weighted by Crippen LogP contribution is 2.22. The van der Waals surface area contributed by atoms with Crippen molar-refractivity contribution in [3.05, 3.63) is 0 Å². The van der Waals surface area contributed by atoms with Crippen LogP contribution < -0.4 is 0 Å². The van der Waals surface area contributed by atoms with Crippen molar-refractivity contribution < 1.29 is 25.2 Å². The average molecular weight is 178 g/mol. The van der Waals surface area contributed by atoms with Crippen LogP contribution in [0.4, 0.5) is 0 Å². The molecule has 1 fully saturated rings. The molecule has 0 amide bonds. The Kier molecular flexibility index (Phi) is 3.03. The van der Waals surface area contributed by atoms with Gasteiger partial charge in [0, 0.05) is 0 Å². The van der Waals surface area contributed by atoms with E-state index in [4.69, 9.17) is 14.9 Å². The minimum Gasteiger partial charge on any atom is -0.394 e. The van der Waals surface area contributed by atoms with Crippen LogP contribution in [0.1, 0.15) is 6.92 Å². The number of hydrogen-bond acceptors (Lipinski definition) is 5. The molecule has 1 aliphatic rings. The highest BCUT2D eigenvalue weighted by Gasteiger charge is 2.43. The van der Waals surface area contributed by atoms with Gasteiger partial charge in [-0.1, -0.05) is 0 Å². The lowest BCUT2D eigenvalue weighted by molar-refractivity contribution is -0.0786. The van der Waals surface area contributed by atoms with Crippen molar-refractivity contribution in [2.45, 2.75) is 37.4 Å². The Labute approximate surface area is 70.2 Å². The molecule has 0 aliphatic carbocycles. The summed E-state index contributed by atoms with van der Waals surface area (Å²) in [6.07, 6.45) is -4.65. The first kappa shape index (κ1) is 9.88. The average Bonchev–Trinajstić information content (AvgIpc) is 2.32. The Morgan fingerprint density at radius 1 is 1.33 bits per heavy atom. The first-order chi connectivity index (χ1) is 5.57. The summed E-state index contributed by atoms with van der Waals surface area (Å²) < 4.78 is 5.03. The number of rotatable bonds is 2. The maximum absolute atomic E-state index is 9.28. The molecule has 1 unspecified atom stereocenters. The van der Waals surface area contributed by atoms with Crippen LogP contribution in [0.3, 0.4) is 0 Å². The molecule has 0 aromatic heterocycles. The molecule has 12 heavy (non-hydrogen) atoms. The monoisotopic (exact) mass is 178 g/mol. The van der Waals surface area contributed by atoms with Gasteiger partial charge in [-0.25, -0.2) is 0 Å². The number of aliphatic hydroxyl groups excluding tert-OH is 4. The van der Waals surface area contributed by atoms with Crippen LogP contribution >= 0.6 is 0 Å². The van der Waals surface area contributed by atoms with E-state index in [2.05, 4.69) is 0 Å². The third kappa shape index (κ3) is 1.60. The van der Waals surface area contributed by atoms with Crippen LogP contribution in [-0.2, 0) is 4.74 Å². The second-order valence-corrected chi connectivity index (χ2v) is 3.04. The lowest BCUT2D eigenvalue weighted by Crippen LogP contribution is -2.40. The van der Waals surface area contributed by atoms with Gasteiger partial charge in [-0.3, -0.25) is 0 Å². The zero-order chi connectivity index (χ0) is 9.30. The van der Waals surface area contributed by atoms with Gasteiger partial charge < -0.3 is 25.2 Å². The largest absolute Gasteiger partial charge is 0.394 e. The van der Waals surface area contributed by atoms with E-state index in [1.54, 1.807) is 6.92 Å². The van der Waals surface area contributed by atoms with E-state index in [9.17, 15) is 10.2 Å². The fourth-order valence-electron chi connectivity index (χ4n) is 1.30. The van der Waals surface area contributed by atoms with Crippen LogP contribution in [0.2, 0.25) is 0 Å². The summed E-state index contributed by atoms with van der Waals surface area (Å²) >= 11 is 0. The molecule has 0 radical (unpaired) electrons. The third-order valence-corrected chi connectivity index (χ3v) is 2.11. The zero-order valence-corrected chi connectivity index (χ0v) is 6.79. The molecule has 4 N–H and O–H groups in total. The molecular formula is C7H14O5. The molecule has 0 bridgehead atoms. The second kappa shape index (κ2) is 3.68. The highest BCUT2D eigenvalue weighted by molar-refractivity contribution is 4.91. The van der Waals surface area contributed by atoms with Gasteiger partial charge in [-0.2, -0.15) is 0 Å². The molecule has 0 saturated carbocycles. The molecule has 1 rings (SSSR count). The molecule has 1 saturated heterocycles. The molecule has 0 aromatic carbocycles. The van der Waals surface area contributed by atoms with Crippen LogP contribution in [0.5, 0.6) is 0 Å². The van der Waals surface area contributed by atoms with Crippen molar-refractivity contribution in [3.8, 4) is 0 Å². The normalized spacial score (nSPS) is 44.8. The molecule has 72 valence electrons. The van der Waals surface area contributed by atoms with Crippen molar-refractivity contribution in [1.82, 2.24) is 0 Å². The van der Waals surface area contributed by atoms with E-state index in [0.717, 1.165) is 0 Å². The van der Waals surface area contributed by atoms with E-state index in [1.807, 2.05) is 0 Å². The second-order valence-electron chi connectivity index (χ2n) is 3.04. The van der Waals surface area contributed by atoms with Gasteiger partial charge in [0.15, 0.2) is 0 Å². The first-order valence-corrected chi connectivity index (χ1v) is 3.88. The Morgan fingerprint density at radius 3 is 2.25 bits per heavy atom. The summed E-state index contributed by atoms with van der Waals surface area (Å²) in [6.45, 7) is 1.11. The Balaban J connectivity index is 2.58. The fourth-order valence-corrected chi connectivity index (χ4v) is 1.30. The molecule has 5 nitrogen and oxygen atoms in total. The molecule has 1 heterocycles. The fraction of sp³-hybridized carbons (Fsp3) is 1.00. The van der Waals surface area contributed by atoms with E-state index < -0.39 is 37.1 Å². The van der Waals surface area contributed by atoms with E-state index in [0.29, 0.717) is 0 Å². The predicted molar refractivity (Wildman–Crippen MR) is 39.4 cm³/mol. The lowest BCUT2D eigenvalue weighted by atomic mass is 10.1. The molecule has 1 aliphatic heterocycles. The minimum atomic E-state index is -1.14. The van der Waals surface area contributed by atoms with Gasteiger partial charge in [0.05, 0.1) is 12.7 Å². The smallest absolute Gasteiger partial charge is 0.115 e. The van der Waals surface area contributed by atoms with Crippen molar-refractivity contribution in [2.24, 2.45) is 0 Å². The van der Waals surface area contributed by atoms with Gasteiger partial charge in [0.1, 0.15) is 24.4 Å². The first-order valence-electron chi connectivity index (χ1n) is 3.88. The zero-order valence-electron chi connectivity index (χ0n) is 6.79. The van der Waals surface area contributed by atoms with Gasteiger partial charge in [-0.05, 0) is 6.92 Å². The minimum absolute atomic E-state index is 0.485. The summed E-state index contributed by atoms with van der Waals surface area (Å²) in [5, 5.41) is 36.2. The van der Waals surface area contributed by atoms with Crippen LogP contribution in [-0.4, -0.2) is 57.6 Å². The standard InChI is InChI=1S/C7H14O5/c1-3-5(10)6(11)7(12-3)4(9)2-8/h3-11H,2H2,1H3/t3-,4-,5?,6-,7+/m0/s1. The molecule has 0 spiro atoms. The van der Waals surface area contributed by atoms with Crippen molar-refractivity contribution in [3.63, 3.8) is 0 Å². The van der Waals surface area contributed by atoms with Crippen molar-refractivity contribution in [1.29, 1.82) is 0 Å². The number of aliphatic hydroxyl groups is 4. The Morgan fingerprint density at radius 2 is 1.92 bits per heavy atom. The highest BCUT2D eigenvalue weighted by atomic mass is 16.6. The Hall–Kier alpha value is -0.200. The molecule has 5 heteroatoms. The van der Waals surface area contributed by atoms with Crippen LogP contribution in [0.15, 0.2) is 0 Å². The summed E-state index contributed by atoms with van der Waals surface area (Å²) in [7, 11) is 0. The Bertz CT molecular complexity index is 151. The third-order valence-electron chi connectivity index (χ3n) is 2.11. The van der Waals surface area contributed by atoms with Crippen molar-refractivity contribution in [2.75, 3.05) is 6.61 Å². The molecular weight excluding hydrogens is 164 g/mol. The van der Waals surface area contributed by atoms with E-state index in [-0.39, 0.29) is 0 Å². The summed E-state index contributed by atoms with van der Waals surface area (Å²) in [5.74, 6) is 0. The van der Waals surface area contributed by atoms with E-state index >= 15 is 0 Å². The van der Waals surface area contributed by atoms with Gasteiger partial charge in [-0.15, -0.1) is 0 Å². The van der Waals surface area contributed by atoms with Crippen LogP contribution in [0.25, 0.3) is 0 Å². The van der Waals surface area contributed by atoms with E-state index in [1.165, 1.54) is 0 Å². The van der Waals surface area contributed by atoms with Gasteiger partial charge in [0.2, 0.25) is 0 Å². The van der Waals surface area contributed by atoms with Gasteiger partial charge in [0.25, 0.3) is 0 Å². The lowest BCUT2D eigenvalue weighted by Gasteiger charge is -2.18. The van der Waals surface area contributed by atoms with Crippen molar-refractivity contribution >= 4 is 0 Å². The summed E-state index contributed by atoms with van der Waals surface area (Å²) in [6, 6.07) is 0. The quantitative estimate of drug-likeness (QED) is 0.387. The maximum Gasteiger partial charge on any atom is 0.115 e. The predicted octanol–water partition coefficient (Wildman–Crippen LogP) is -2.15. The van der Waals surface area contributed by atoms with Gasteiger partial charge >= 0.3 is 0 Å². The molecule has 0 aromatic rings. The number of ether oxygens (including phenoxy) is 1. The topological polar surface area (TPSA) is 90.2 Å². The van der Waals surface area contributed by atoms with Crippen LogP contribution in [0, 0.1) is 0 Å². The summed E-state index contributed by atoms with van der Waals surface area (Å²) in [4.78, 5) is 0. The number of hydrogen-bond donors (Lipinski definition) is 4. The molecule has 5 atom stereocenters.